The van der Waals surface area contributed by atoms with E-state index in [-0.39, 0.29) is 12.4 Å². The third-order valence-corrected chi connectivity index (χ3v) is 4.11. The standard InChI is InChI=1S/C19H39N.ClH/c1-2-3-4-5-6-7-8-9-10-11-12-13-14-15-16-17-18-19-20;/h18-19H,2-17,20H2,1H3;1H. The molecule has 0 aliphatic heterocycles. The van der Waals surface area contributed by atoms with Gasteiger partial charge in [-0.15, -0.1) is 12.4 Å². The largest absolute Gasteiger partial charge is 0.405 e. The fourth-order valence-corrected chi connectivity index (χ4v) is 2.73. The van der Waals surface area contributed by atoms with E-state index in [1.54, 1.807) is 6.20 Å². The van der Waals surface area contributed by atoms with E-state index in [4.69, 9.17) is 5.73 Å². The van der Waals surface area contributed by atoms with Crippen molar-refractivity contribution in [1.82, 2.24) is 0 Å². The van der Waals surface area contributed by atoms with Crippen LogP contribution in [0.4, 0.5) is 0 Å². The number of nitrogens with two attached hydrogens (primary N) is 1. The Morgan fingerprint density at radius 2 is 0.905 bits per heavy atom. The number of allylic oxidation sites excluding steroid dienone is 1. The average Bonchev–Trinajstić information content (AvgIpc) is 2.47. The van der Waals surface area contributed by atoms with Crippen molar-refractivity contribution in [3.63, 3.8) is 0 Å². The summed E-state index contributed by atoms with van der Waals surface area (Å²) < 4.78 is 0. The summed E-state index contributed by atoms with van der Waals surface area (Å²) in [6.45, 7) is 2.29. The van der Waals surface area contributed by atoms with Crippen LogP contribution in [0.1, 0.15) is 110 Å². The van der Waals surface area contributed by atoms with Crippen molar-refractivity contribution in [2.24, 2.45) is 5.73 Å². The lowest BCUT2D eigenvalue weighted by molar-refractivity contribution is 0.533. The van der Waals surface area contributed by atoms with Crippen molar-refractivity contribution in [3.05, 3.63) is 12.3 Å². The predicted molar refractivity (Wildman–Crippen MR) is 100 cm³/mol. The van der Waals surface area contributed by atoms with Crippen molar-refractivity contribution in [1.29, 1.82) is 0 Å². The minimum atomic E-state index is 0. The summed E-state index contributed by atoms with van der Waals surface area (Å²) in [5.74, 6) is 0. The summed E-state index contributed by atoms with van der Waals surface area (Å²) >= 11 is 0. The van der Waals surface area contributed by atoms with E-state index in [9.17, 15) is 0 Å². The van der Waals surface area contributed by atoms with Gasteiger partial charge in [0, 0.05) is 0 Å². The Labute approximate surface area is 140 Å². The van der Waals surface area contributed by atoms with Crippen LogP contribution >= 0.6 is 12.4 Å². The zero-order chi connectivity index (χ0) is 14.7. The maximum Gasteiger partial charge on any atom is -0.0103 e. The van der Waals surface area contributed by atoms with Crippen LogP contribution in [-0.4, -0.2) is 0 Å². The third-order valence-electron chi connectivity index (χ3n) is 4.11. The van der Waals surface area contributed by atoms with Crippen molar-refractivity contribution < 1.29 is 0 Å². The number of halogens is 1. The highest BCUT2D eigenvalue weighted by Gasteiger charge is 1.93. The van der Waals surface area contributed by atoms with Crippen LogP contribution in [0.25, 0.3) is 0 Å². The molecule has 0 saturated heterocycles. The molecule has 0 bridgehead atoms. The Morgan fingerprint density at radius 1 is 0.571 bits per heavy atom. The highest BCUT2D eigenvalue weighted by molar-refractivity contribution is 5.85. The molecule has 0 aromatic heterocycles. The molecular weight excluding hydrogens is 278 g/mol. The minimum Gasteiger partial charge on any atom is -0.405 e. The second-order valence-corrected chi connectivity index (χ2v) is 6.17. The van der Waals surface area contributed by atoms with Gasteiger partial charge < -0.3 is 5.73 Å². The molecule has 0 rings (SSSR count). The number of hydrogen-bond donors (Lipinski definition) is 1. The summed E-state index contributed by atoms with van der Waals surface area (Å²) in [4.78, 5) is 0. The zero-order valence-corrected chi connectivity index (χ0v) is 15.3. The Hall–Kier alpha value is -0.170. The topological polar surface area (TPSA) is 26.0 Å². The number of rotatable bonds is 16. The first kappa shape index (κ1) is 23.1. The van der Waals surface area contributed by atoms with Crippen molar-refractivity contribution in [2.75, 3.05) is 0 Å². The highest BCUT2D eigenvalue weighted by Crippen LogP contribution is 2.13. The first-order valence-corrected chi connectivity index (χ1v) is 9.28. The molecule has 0 aromatic rings. The van der Waals surface area contributed by atoms with E-state index >= 15 is 0 Å². The fourth-order valence-electron chi connectivity index (χ4n) is 2.73. The van der Waals surface area contributed by atoms with Crippen LogP contribution in [-0.2, 0) is 0 Å². The van der Waals surface area contributed by atoms with Crippen LogP contribution in [0.2, 0.25) is 0 Å². The normalized spacial score (nSPS) is 10.9. The van der Waals surface area contributed by atoms with E-state index in [2.05, 4.69) is 13.0 Å². The molecule has 0 aromatic carbocycles. The molecule has 1 nitrogen and oxygen atoms in total. The van der Waals surface area contributed by atoms with Crippen LogP contribution in [0.5, 0.6) is 0 Å². The zero-order valence-electron chi connectivity index (χ0n) is 14.5. The van der Waals surface area contributed by atoms with Crippen molar-refractivity contribution in [3.8, 4) is 0 Å². The van der Waals surface area contributed by atoms with Crippen LogP contribution in [0, 0.1) is 0 Å². The Balaban J connectivity index is 0. The lowest BCUT2D eigenvalue weighted by atomic mass is 10.0. The fraction of sp³-hybridized carbons (Fsp3) is 0.895. The van der Waals surface area contributed by atoms with Crippen LogP contribution < -0.4 is 5.73 Å². The van der Waals surface area contributed by atoms with E-state index in [1.807, 2.05) is 0 Å². The first-order chi connectivity index (χ1) is 9.91. The molecule has 2 heteroatoms. The molecule has 128 valence electrons. The van der Waals surface area contributed by atoms with Crippen LogP contribution in [0.3, 0.4) is 0 Å². The molecule has 2 N–H and O–H groups in total. The van der Waals surface area contributed by atoms with Gasteiger partial charge in [0.05, 0.1) is 0 Å². The Morgan fingerprint density at radius 3 is 1.24 bits per heavy atom. The molecule has 0 atom stereocenters. The van der Waals surface area contributed by atoms with E-state index in [0.29, 0.717) is 0 Å². The van der Waals surface area contributed by atoms with Gasteiger partial charge in [-0.3, -0.25) is 0 Å². The predicted octanol–water partition coefficient (Wildman–Crippen LogP) is 7.14. The van der Waals surface area contributed by atoms with E-state index in [0.717, 1.165) is 6.42 Å². The second kappa shape index (κ2) is 22.1. The van der Waals surface area contributed by atoms with Crippen molar-refractivity contribution >= 4 is 12.4 Å². The van der Waals surface area contributed by atoms with Gasteiger partial charge in [-0.25, -0.2) is 0 Å². The SMILES string of the molecule is CCCCCCCCCCCCCCCCCC=CN.Cl. The molecule has 0 saturated carbocycles. The second-order valence-electron chi connectivity index (χ2n) is 6.17. The lowest BCUT2D eigenvalue weighted by Crippen LogP contribution is -1.83. The molecule has 21 heavy (non-hydrogen) atoms. The van der Waals surface area contributed by atoms with Gasteiger partial charge in [0.1, 0.15) is 0 Å². The molecule has 0 fully saturated rings. The van der Waals surface area contributed by atoms with Gasteiger partial charge in [-0.1, -0.05) is 103 Å². The molecular formula is C19H40ClN. The number of hydrogen-bond acceptors (Lipinski definition) is 1. The summed E-state index contributed by atoms with van der Waals surface area (Å²) in [5, 5.41) is 0. The Kier molecular flexibility index (Phi) is 24.3. The Bertz CT molecular complexity index is 192. The van der Waals surface area contributed by atoms with Gasteiger partial charge in [0.25, 0.3) is 0 Å². The average molecular weight is 318 g/mol. The molecule has 0 amide bonds. The van der Waals surface area contributed by atoms with Crippen LogP contribution in [0.15, 0.2) is 12.3 Å². The number of unbranched alkanes of at least 4 members (excludes halogenated alkanes) is 15. The van der Waals surface area contributed by atoms with Gasteiger partial charge >= 0.3 is 0 Å². The molecule has 0 spiro atoms. The summed E-state index contributed by atoms with van der Waals surface area (Å²) in [5.41, 5.74) is 5.31. The summed E-state index contributed by atoms with van der Waals surface area (Å²) in [7, 11) is 0. The van der Waals surface area contributed by atoms with E-state index < -0.39 is 0 Å². The molecule has 0 aliphatic carbocycles. The smallest absolute Gasteiger partial charge is 0.0103 e. The first-order valence-electron chi connectivity index (χ1n) is 9.28. The molecule has 0 aliphatic rings. The maximum atomic E-state index is 5.31. The quantitative estimate of drug-likeness (QED) is 0.301. The summed E-state index contributed by atoms with van der Waals surface area (Å²) in [6, 6.07) is 0. The highest BCUT2D eigenvalue weighted by atomic mass is 35.5. The molecule has 0 heterocycles. The minimum absolute atomic E-state index is 0. The molecule has 0 radical (unpaired) electrons. The van der Waals surface area contributed by atoms with Crippen molar-refractivity contribution in [2.45, 2.75) is 110 Å². The van der Waals surface area contributed by atoms with E-state index in [1.165, 1.54) is 96.3 Å². The lowest BCUT2D eigenvalue weighted by Gasteiger charge is -2.03. The van der Waals surface area contributed by atoms with Gasteiger partial charge in [0.2, 0.25) is 0 Å². The third kappa shape index (κ3) is 22.3. The summed E-state index contributed by atoms with van der Waals surface area (Å²) in [6.07, 6.45) is 26.4. The van der Waals surface area contributed by atoms with Gasteiger partial charge in [-0.05, 0) is 19.0 Å². The monoisotopic (exact) mass is 317 g/mol. The van der Waals surface area contributed by atoms with Gasteiger partial charge in [-0.2, -0.15) is 0 Å². The maximum absolute atomic E-state index is 5.31. The van der Waals surface area contributed by atoms with Gasteiger partial charge in [0.15, 0.2) is 0 Å². The molecule has 0 unspecified atom stereocenters.